The molecular weight excluding hydrogens is 253 g/mol. The van der Waals surface area contributed by atoms with Gasteiger partial charge in [-0.2, -0.15) is 0 Å². The van der Waals surface area contributed by atoms with Crippen molar-refractivity contribution in [1.29, 1.82) is 0 Å². The smallest absolute Gasteiger partial charge is 0.254 e. The lowest BCUT2D eigenvalue weighted by molar-refractivity contribution is 0.0695. The Morgan fingerprint density at radius 1 is 1.28 bits per heavy atom. The van der Waals surface area contributed by atoms with Crippen LogP contribution >= 0.6 is 11.6 Å². The molecule has 0 atom stereocenters. The van der Waals surface area contributed by atoms with Crippen molar-refractivity contribution in [2.75, 3.05) is 12.4 Å². The van der Waals surface area contributed by atoms with Gasteiger partial charge in [0.05, 0.1) is 0 Å². The van der Waals surface area contributed by atoms with E-state index < -0.39 is 0 Å². The van der Waals surface area contributed by atoms with E-state index >= 15 is 0 Å². The van der Waals surface area contributed by atoms with E-state index in [1.807, 2.05) is 4.90 Å². The first-order valence-corrected chi connectivity index (χ1v) is 6.88. The molecular formula is C14H17ClFNO. The van der Waals surface area contributed by atoms with Gasteiger partial charge in [0.1, 0.15) is 5.82 Å². The van der Waals surface area contributed by atoms with Gasteiger partial charge in [-0.1, -0.05) is 12.8 Å². The van der Waals surface area contributed by atoms with Crippen LogP contribution in [0.4, 0.5) is 4.39 Å². The maximum absolute atomic E-state index is 12.9. The standard InChI is InChI=1S/C14H17ClFNO/c15-9-10-17(13-3-1-2-4-13)14(18)11-5-7-12(16)8-6-11/h5-8,13H,1-4,9-10H2. The number of nitrogens with zero attached hydrogens (tertiary/aromatic N) is 1. The maximum Gasteiger partial charge on any atom is 0.254 e. The maximum atomic E-state index is 12.9. The molecule has 1 aliphatic carbocycles. The number of alkyl halides is 1. The Morgan fingerprint density at radius 2 is 1.89 bits per heavy atom. The molecule has 98 valence electrons. The largest absolute Gasteiger partial charge is 0.334 e. The molecule has 4 heteroatoms. The van der Waals surface area contributed by atoms with Crippen LogP contribution in [0.2, 0.25) is 0 Å². The summed E-state index contributed by atoms with van der Waals surface area (Å²) in [6.45, 7) is 0.558. The van der Waals surface area contributed by atoms with Crippen molar-refractivity contribution >= 4 is 17.5 Å². The summed E-state index contributed by atoms with van der Waals surface area (Å²) >= 11 is 5.78. The highest BCUT2D eigenvalue weighted by Crippen LogP contribution is 2.25. The molecule has 0 saturated heterocycles. The third-order valence-electron chi connectivity index (χ3n) is 3.44. The molecule has 1 saturated carbocycles. The first kappa shape index (κ1) is 13.3. The van der Waals surface area contributed by atoms with Crippen LogP contribution in [0.3, 0.4) is 0 Å². The van der Waals surface area contributed by atoms with Gasteiger partial charge in [0, 0.05) is 24.0 Å². The topological polar surface area (TPSA) is 20.3 Å². The zero-order valence-electron chi connectivity index (χ0n) is 10.2. The quantitative estimate of drug-likeness (QED) is 0.767. The summed E-state index contributed by atoms with van der Waals surface area (Å²) in [7, 11) is 0. The summed E-state index contributed by atoms with van der Waals surface area (Å²) < 4.78 is 12.9. The predicted octanol–water partition coefficient (Wildman–Crippen LogP) is 3.45. The van der Waals surface area contributed by atoms with Crippen molar-refractivity contribution in [2.24, 2.45) is 0 Å². The summed E-state index contributed by atoms with van der Waals surface area (Å²) in [6.07, 6.45) is 4.42. The summed E-state index contributed by atoms with van der Waals surface area (Å²) in [5, 5.41) is 0. The Morgan fingerprint density at radius 3 is 2.44 bits per heavy atom. The van der Waals surface area contributed by atoms with E-state index in [4.69, 9.17) is 11.6 Å². The van der Waals surface area contributed by atoms with E-state index in [-0.39, 0.29) is 11.7 Å². The van der Waals surface area contributed by atoms with Crippen molar-refractivity contribution in [3.63, 3.8) is 0 Å². The van der Waals surface area contributed by atoms with E-state index in [9.17, 15) is 9.18 Å². The number of halogens is 2. The predicted molar refractivity (Wildman–Crippen MR) is 70.4 cm³/mol. The second kappa shape index (κ2) is 6.19. The number of hydrogen-bond donors (Lipinski definition) is 0. The minimum Gasteiger partial charge on any atom is -0.334 e. The third-order valence-corrected chi connectivity index (χ3v) is 3.61. The summed E-state index contributed by atoms with van der Waals surface area (Å²) in [5.74, 6) is 0.0718. The van der Waals surface area contributed by atoms with Crippen molar-refractivity contribution < 1.29 is 9.18 Å². The third kappa shape index (κ3) is 3.02. The zero-order chi connectivity index (χ0) is 13.0. The van der Waals surface area contributed by atoms with Gasteiger partial charge in [-0.25, -0.2) is 4.39 Å². The Labute approximate surface area is 112 Å². The van der Waals surface area contributed by atoms with Crippen LogP contribution in [0.1, 0.15) is 36.0 Å². The lowest BCUT2D eigenvalue weighted by atomic mass is 10.1. The van der Waals surface area contributed by atoms with Gasteiger partial charge >= 0.3 is 0 Å². The summed E-state index contributed by atoms with van der Waals surface area (Å²) in [4.78, 5) is 14.2. The van der Waals surface area contributed by atoms with Gasteiger partial charge < -0.3 is 4.90 Å². The van der Waals surface area contributed by atoms with E-state index in [1.54, 1.807) is 0 Å². The average molecular weight is 270 g/mol. The number of amides is 1. The molecule has 0 heterocycles. The molecule has 1 aromatic rings. The minimum atomic E-state index is -0.323. The first-order chi connectivity index (χ1) is 8.72. The van der Waals surface area contributed by atoms with Crippen LogP contribution in [0.25, 0.3) is 0 Å². The van der Waals surface area contributed by atoms with Gasteiger partial charge in [-0.05, 0) is 37.1 Å². The van der Waals surface area contributed by atoms with Crippen molar-refractivity contribution in [3.05, 3.63) is 35.6 Å². The molecule has 1 aliphatic rings. The Kier molecular flexibility index (Phi) is 4.59. The highest BCUT2D eigenvalue weighted by Gasteiger charge is 2.26. The van der Waals surface area contributed by atoms with Crippen LogP contribution < -0.4 is 0 Å². The van der Waals surface area contributed by atoms with Gasteiger partial charge in [0.25, 0.3) is 5.91 Å². The highest BCUT2D eigenvalue weighted by atomic mass is 35.5. The average Bonchev–Trinajstić information content (AvgIpc) is 2.90. The molecule has 1 amide bonds. The Balaban J connectivity index is 2.14. The highest BCUT2D eigenvalue weighted by molar-refractivity contribution is 6.18. The van der Waals surface area contributed by atoms with Gasteiger partial charge in [0.15, 0.2) is 0 Å². The fraction of sp³-hybridized carbons (Fsp3) is 0.500. The van der Waals surface area contributed by atoms with Gasteiger partial charge in [-0.3, -0.25) is 4.79 Å². The van der Waals surface area contributed by atoms with Crippen LogP contribution in [0, 0.1) is 5.82 Å². The molecule has 2 rings (SSSR count). The van der Waals surface area contributed by atoms with Gasteiger partial charge in [0.2, 0.25) is 0 Å². The lowest BCUT2D eigenvalue weighted by Crippen LogP contribution is -2.40. The van der Waals surface area contributed by atoms with Crippen LogP contribution in [-0.2, 0) is 0 Å². The molecule has 1 aromatic carbocycles. The molecule has 0 aromatic heterocycles. The SMILES string of the molecule is O=C(c1ccc(F)cc1)N(CCCl)C1CCCC1. The van der Waals surface area contributed by atoms with Crippen LogP contribution in [-0.4, -0.2) is 29.3 Å². The van der Waals surface area contributed by atoms with Gasteiger partial charge in [-0.15, -0.1) is 11.6 Å². The van der Waals surface area contributed by atoms with E-state index in [0.717, 1.165) is 12.8 Å². The summed E-state index contributed by atoms with van der Waals surface area (Å²) in [5.41, 5.74) is 0.536. The van der Waals surface area contributed by atoms with E-state index in [1.165, 1.54) is 37.1 Å². The fourth-order valence-corrected chi connectivity index (χ4v) is 2.70. The number of rotatable bonds is 4. The molecule has 18 heavy (non-hydrogen) atoms. The molecule has 2 nitrogen and oxygen atoms in total. The lowest BCUT2D eigenvalue weighted by Gasteiger charge is -2.28. The number of carbonyl (C=O) groups is 1. The zero-order valence-corrected chi connectivity index (χ0v) is 11.0. The fourth-order valence-electron chi connectivity index (χ4n) is 2.52. The van der Waals surface area contributed by atoms with Crippen molar-refractivity contribution in [1.82, 2.24) is 4.90 Å². The molecule has 0 spiro atoms. The van der Waals surface area contributed by atoms with E-state index in [2.05, 4.69) is 0 Å². The molecule has 0 radical (unpaired) electrons. The minimum absolute atomic E-state index is 0.0393. The van der Waals surface area contributed by atoms with Crippen molar-refractivity contribution in [3.8, 4) is 0 Å². The van der Waals surface area contributed by atoms with Crippen molar-refractivity contribution in [2.45, 2.75) is 31.7 Å². The normalized spacial score (nSPS) is 15.9. The molecule has 1 fully saturated rings. The molecule has 0 bridgehead atoms. The number of carbonyl (C=O) groups excluding carboxylic acids is 1. The number of hydrogen-bond acceptors (Lipinski definition) is 1. The second-order valence-corrected chi connectivity index (χ2v) is 5.01. The van der Waals surface area contributed by atoms with Crippen LogP contribution in [0.15, 0.2) is 24.3 Å². The summed E-state index contributed by atoms with van der Waals surface area (Å²) in [6, 6.07) is 6.00. The number of benzene rings is 1. The second-order valence-electron chi connectivity index (χ2n) is 4.63. The Bertz CT molecular complexity index is 401. The van der Waals surface area contributed by atoms with Crippen LogP contribution in [0.5, 0.6) is 0 Å². The van der Waals surface area contributed by atoms with E-state index in [0.29, 0.717) is 24.0 Å². The molecule has 0 N–H and O–H groups in total. The molecule has 0 aliphatic heterocycles. The first-order valence-electron chi connectivity index (χ1n) is 6.35. The molecule has 0 unspecified atom stereocenters. The monoisotopic (exact) mass is 269 g/mol. The Hall–Kier alpha value is -1.09.